The smallest absolute Gasteiger partial charge is 0.253 e. The fraction of sp³-hybridized carbons (Fsp3) is 0.438. The number of carbonyl (C=O) groups excluding carboxylic acids is 1. The Bertz CT molecular complexity index is 663. The highest BCUT2D eigenvalue weighted by atomic mass is 16.1. The summed E-state index contributed by atoms with van der Waals surface area (Å²) in [5.41, 5.74) is 8.10. The van der Waals surface area contributed by atoms with Crippen LogP contribution in [0.3, 0.4) is 0 Å². The zero-order valence-corrected chi connectivity index (χ0v) is 12.5. The maximum Gasteiger partial charge on any atom is 0.253 e. The van der Waals surface area contributed by atoms with Gasteiger partial charge in [-0.3, -0.25) is 4.79 Å². The Kier molecular flexibility index (Phi) is 3.59. The molecule has 2 unspecified atom stereocenters. The molecule has 1 fully saturated rings. The van der Waals surface area contributed by atoms with Gasteiger partial charge in [-0.25, -0.2) is 0 Å². The summed E-state index contributed by atoms with van der Waals surface area (Å²) in [6.45, 7) is 3.22. The van der Waals surface area contributed by atoms with Crippen LogP contribution in [0.5, 0.6) is 0 Å². The Morgan fingerprint density at radius 2 is 2.29 bits per heavy atom. The average molecular weight is 286 g/mol. The van der Waals surface area contributed by atoms with E-state index in [1.165, 1.54) is 0 Å². The standard InChI is InChI=1S/C16H22N4O/c1-10-7-12(5-6-20(10)2)19-16(21)14-9-18-15-4-3-11(17)8-13(14)15/h3-4,8-10,12,18H,5-7,17H2,1-2H3,(H,19,21). The number of rotatable bonds is 2. The lowest BCUT2D eigenvalue weighted by molar-refractivity contribution is 0.0898. The van der Waals surface area contributed by atoms with Crippen LogP contribution in [0.1, 0.15) is 30.1 Å². The van der Waals surface area contributed by atoms with Crippen LogP contribution in [0.15, 0.2) is 24.4 Å². The number of benzene rings is 1. The third kappa shape index (κ3) is 2.74. The fourth-order valence-electron chi connectivity index (χ4n) is 3.01. The lowest BCUT2D eigenvalue weighted by Gasteiger charge is -2.35. The molecule has 4 N–H and O–H groups in total. The van der Waals surface area contributed by atoms with Crippen molar-refractivity contribution >= 4 is 22.5 Å². The molecule has 2 atom stereocenters. The topological polar surface area (TPSA) is 74.1 Å². The Morgan fingerprint density at radius 3 is 3.05 bits per heavy atom. The molecule has 3 rings (SSSR count). The Hall–Kier alpha value is -2.01. The molecular formula is C16H22N4O. The van der Waals surface area contributed by atoms with Crippen LogP contribution in [-0.4, -0.2) is 41.5 Å². The van der Waals surface area contributed by atoms with E-state index in [9.17, 15) is 4.79 Å². The van der Waals surface area contributed by atoms with E-state index in [-0.39, 0.29) is 11.9 Å². The molecule has 5 nitrogen and oxygen atoms in total. The van der Waals surface area contributed by atoms with Gasteiger partial charge in [-0.05, 0) is 45.0 Å². The highest BCUT2D eigenvalue weighted by molar-refractivity contribution is 6.07. The maximum absolute atomic E-state index is 12.5. The molecule has 1 saturated heterocycles. The highest BCUT2D eigenvalue weighted by Crippen LogP contribution is 2.22. The summed E-state index contributed by atoms with van der Waals surface area (Å²) < 4.78 is 0. The first-order valence-corrected chi connectivity index (χ1v) is 7.42. The van der Waals surface area contributed by atoms with Crippen molar-refractivity contribution < 1.29 is 4.79 Å². The van der Waals surface area contributed by atoms with Gasteiger partial charge in [-0.2, -0.15) is 0 Å². The minimum atomic E-state index is -0.0198. The van der Waals surface area contributed by atoms with Crippen LogP contribution in [0.4, 0.5) is 5.69 Å². The molecule has 0 saturated carbocycles. The minimum absolute atomic E-state index is 0.0198. The summed E-state index contributed by atoms with van der Waals surface area (Å²) >= 11 is 0. The Labute approximate surface area is 124 Å². The van der Waals surface area contributed by atoms with E-state index in [1.54, 1.807) is 6.20 Å². The molecule has 5 heteroatoms. The van der Waals surface area contributed by atoms with Crippen molar-refractivity contribution in [3.8, 4) is 0 Å². The van der Waals surface area contributed by atoms with Crippen LogP contribution in [0, 0.1) is 0 Å². The number of nitrogens with one attached hydrogen (secondary N) is 2. The van der Waals surface area contributed by atoms with E-state index in [0.717, 1.165) is 30.3 Å². The third-order valence-corrected chi connectivity index (χ3v) is 4.49. The normalized spacial score (nSPS) is 23.3. The maximum atomic E-state index is 12.5. The first-order chi connectivity index (χ1) is 10.0. The molecule has 0 bridgehead atoms. The van der Waals surface area contributed by atoms with Gasteiger partial charge in [0, 0.05) is 41.4 Å². The average Bonchev–Trinajstić information content (AvgIpc) is 2.86. The monoisotopic (exact) mass is 286 g/mol. The highest BCUT2D eigenvalue weighted by Gasteiger charge is 2.25. The quantitative estimate of drug-likeness (QED) is 0.739. The van der Waals surface area contributed by atoms with Gasteiger partial charge in [0.1, 0.15) is 0 Å². The summed E-state index contributed by atoms with van der Waals surface area (Å²) in [7, 11) is 2.13. The van der Waals surface area contributed by atoms with Gasteiger partial charge in [0.05, 0.1) is 5.56 Å². The second-order valence-corrected chi connectivity index (χ2v) is 6.03. The van der Waals surface area contributed by atoms with E-state index in [4.69, 9.17) is 5.73 Å². The lowest BCUT2D eigenvalue weighted by Crippen LogP contribution is -2.47. The summed E-state index contributed by atoms with van der Waals surface area (Å²) in [6, 6.07) is 6.33. The van der Waals surface area contributed by atoms with E-state index >= 15 is 0 Å². The van der Waals surface area contributed by atoms with Crippen molar-refractivity contribution in [3.63, 3.8) is 0 Å². The molecule has 112 valence electrons. The number of piperidine rings is 1. The first kappa shape index (κ1) is 13.9. The zero-order valence-electron chi connectivity index (χ0n) is 12.5. The van der Waals surface area contributed by atoms with Gasteiger partial charge in [0.25, 0.3) is 5.91 Å². The van der Waals surface area contributed by atoms with Crippen LogP contribution in [0.25, 0.3) is 10.9 Å². The molecule has 21 heavy (non-hydrogen) atoms. The fourth-order valence-corrected chi connectivity index (χ4v) is 3.01. The van der Waals surface area contributed by atoms with E-state index in [2.05, 4.69) is 29.2 Å². The number of aromatic nitrogens is 1. The van der Waals surface area contributed by atoms with E-state index in [1.807, 2.05) is 18.2 Å². The molecule has 2 aromatic rings. The molecule has 1 aliphatic rings. The molecule has 2 heterocycles. The number of anilines is 1. The van der Waals surface area contributed by atoms with Crippen molar-refractivity contribution in [1.82, 2.24) is 15.2 Å². The number of aromatic amines is 1. The summed E-state index contributed by atoms with van der Waals surface area (Å²) in [6.07, 6.45) is 3.75. The first-order valence-electron chi connectivity index (χ1n) is 7.42. The van der Waals surface area contributed by atoms with Gasteiger partial charge in [-0.15, -0.1) is 0 Å². The minimum Gasteiger partial charge on any atom is -0.399 e. The van der Waals surface area contributed by atoms with E-state index in [0.29, 0.717) is 17.3 Å². The number of carbonyl (C=O) groups is 1. The van der Waals surface area contributed by atoms with Crippen LogP contribution >= 0.6 is 0 Å². The van der Waals surface area contributed by atoms with Crippen molar-refractivity contribution in [2.45, 2.75) is 31.8 Å². The second kappa shape index (κ2) is 5.41. The van der Waals surface area contributed by atoms with Gasteiger partial charge < -0.3 is 20.9 Å². The van der Waals surface area contributed by atoms with E-state index < -0.39 is 0 Å². The number of hydrogen-bond acceptors (Lipinski definition) is 3. The van der Waals surface area contributed by atoms with Gasteiger partial charge in [-0.1, -0.05) is 0 Å². The van der Waals surface area contributed by atoms with Crippen molar-refractivity contribution in [2.75, 3.05) is 19.3 Å². The molecule has 1 amide bonds. The summed E-state index contributed by atoms with van der Waals surface area (Å²) in [5, 5.41) is 4.04. The SMILES string of the molecule is CC1CC(NC(=O)c2c[nH]c3ccc(N)cc23)CCN1C. The Morgan fingerprint density at radius 1 is 1.48 bits per heavy atom. The number of nitrogen functional groups attached to an aromatic ring is 1. The van der Waals surface area contributed by atoms with Crippen molar-refractivity contribution in [2.24, 2.45) is 0 Å². The number of amides is 1. The number of fused-ring (bicyclic) bond motifs is 1. The zero-order chi connectivity index (χ0) is 15.0. The number of nitrogens with zero attached hydrogens (tertiary/aromatic N) is 1. The van der Waals surface area contributed by atoms with Gasteiger partial charge >= 0.3 is 0 Å². The predicted molar refractivity (Wildman–Crippen MR) is 85.3 cm³/mol. The van der Waals surface area contributed by atoms with Crippen LogP contribution in [-0.2, 0) is 0 Å². The van der Waals surface area contributed by atoms with Crippen LogP contribution < -0.4 is 11.1 Å². The van der Waals surface area contributed by atoms with Gasteiger partial charge in [0.2, 0.25) is 0 Å². The third-order valence-electron chi connectivity index (χ3n) is 4.49. The molecule has 0 spiro atoms. The second-order valence-electron chi connectivity index (χ2n) is 6.03. The number of likely N-dealkylation sites (tertiary alicyclic amines) is 1. The lowest BCUT2D eigenvalue weighted by atomic mass is 9.98. The molecule has 1 aromatic carbocycles. The molecule has 1 aromatic heterocycles. The van der Waals surface area contributed by atoms with Crippen molar-refractivity contribution in [1.29, 1.82) is 0 Å². The van der Waals surface area contributed by atoms with Gasteiger partial charge in [0.15, 0.2) is 0 Å². The van der Waals surface area contributed by atoms with Crippen LogP contribution in [0.2, 0.25) is 0 Å². The number of hydrogen-bond donors (Lipinski definition) is 3. The number of H-pyrrole nitrogens is 1. The largest absolute Gasteiger partial charge is 0.399 e. The Balaban J connectivity index is 1.77. The number of nitrogens with two attached hydrogens (primary N) is 1. The molecule has 1 aliphatic heterocycles. The summed E-state index contributed by atoms with van der Waals surface area (Å²) in [4.78, 5) is 18.0. The molecule has 0 aliphatic carbocycles. The predicted octanol–water partition coefficient (Wildman–Crippen LogP) is 1.96. The van der Waals surface area contributed by atoms with Crippen molar-refractivity contribution in [3.05, 3.63) is 30.0 Å². The molecule has 0 radical (unpaired) electrons. The molecular weight excluding hydrogens is 264 g/mol. The summed E-state index contributed by atoms with van der Waals surface area (Å²) in [5.74, 6) is -0.0198.